The average molecular weight is 300 g/mol. The molecule has 1 N–H and O–H groups in total. The third kappa shape index (κ3) is 3.22. The van der Waals surface area contributed by atoms with Gasteiger partial charge < -0.3 is 14.5 Å². The molecule has 0 unspecified atom stereocenters. The summed E-state index contributed by atoms with van der Waals surface area (Å²) >= 11 is 11.9. The lowest BCUT2D eigenvalue weighted by atomic mass is 10.2. The normalized spacial score (nSPS) is 10.3. The fraction of sp³-hybridized carbons (Fsp3) is 0.154. The summed E-state index contributed by atoms with van der Waals surface area (Å²) in [6.07, 6.45) is 1.44. The Bertz CT molecular complexity index is 595. The molecule has 19 heavy (non-hydrogen) atoms. The second kappa shape index (κ2) is 5.99. The Hall–Kier alpha value is -1.65. The van der Waals surface area contributed by atoms with Crippen LogP contribution in [-0.4, -0.2) is 13.1 Å². The average Bonchev–Trinajstić information content (AvgIpc) is 2.85. The number of nitrogens with one attached hydrogen (secondary N) is 1. The SMILES string of the molecule is COC(=O)c1occc1CNc1ccc(Cl)cc1Cl. The first-order valence-corrected chi connectivity index (χ1v) is 6.21. The molecule has 0 bridgehead atoms. The summed E-state index contributed by atoms with van der Waals surface area (Å²) in [6.45, 7) is 0.391. The fourth-order valence-electron chi connectivity index (χ4n) is 1.57. The Kier molecular flexibility index (Phi) is 4.35. The molecule has 0 aliphatic carbocycles. The van der Waals surface area contributed by atoms with Crippen molar-refractivity contribution in [2.45, 2.75) is 6.54 Å². The van der Waals surface area contributed by atoms with E-state index in [1.807, 2.05) is 0 Å². The van der Waals surface area contributed by atoms with Crippen molar-refractivity contribution in [2.75, 3.05) is 12.4 Å². The summed E-state index contributed by atoms with van der Waals surface area (Å²) in [4.78, 5) is 11.4. The van der Waals surface area contributed by atoms with Gasteiger partial charge in [0.05, 0.1) is 24.1 Å². The number of halogens is 2. The predicted octanol–water partition coefficient (Wildman–Crippen LogP) is 3.99. The lowest BCUT2D eigenvalue weighted by Crippen LogP contribution is -2.07. The highest BCUT2D eigenvalue weighted by atomic mass is 35.5. The molecule has 1 aromatic carbocycles. The zero-order valence-corrected chi connectivity index (χ0v) is 11.6. The monoisotopic (exact) mass is 299 g/mol. The van der Waals surface area contributed by atoms with E-state index in [0.717, 1.165) is 5.69 Å². The molecule has 6 heteroatoms. The molecule has 0 saturated heterocycles. The first-order chi connectivity index (χ1) is 9.11. The van der Waals surface area contributed by atoms with Crippen LogP contribution >= 0.6 is 23.2 Å². The first kappa shape index (κ1) is 13.8. The number of rotatable bonds is 4. The van der Waals surface area contributed by atoms with E-state index in [2.05, 4.69) is 10.1 Å². The summed E-state index contributed by atoms with van der Waals surface area (Å²) < 4.78 is 9.71. The number of hydrogen-bond acceptors (Lipinski definition) is 4. The molecule has 0 radical (unpaired) electrons. The summed E-state index contributed by atoms with van der Waals surface area (Å²) in [5, 5.41) is 4.18. The number of anilines is 1. The summed E-state index contributed by atoms with van der Waals surface area (Å²) in [7, 11) is 1.30. The van der Waals surface area contributed by atoms with Crippen molar-refractivity contribution in [1.82, 2.24) is 0 Å². The number of benzene rings is 1. The Balaban J connectivity index is 2.10. The van der Waals surface area contributed by atoms with Gasteiger partial charge in [0.2, 0.25) is 5.76 Å². The van der Waals surface area contributed by atoms with Gasteiger partial charge in [-0.15, -0.1) is 0 Å². The minimum atomic E-state index is -0.510. The largest absolute Gasteiger partial charge is 0.463 e. The van der Waals surface area contributed by atoms with E-state index in [1.54, 1.807) is 24.3 Å². The Morgan fingerprint density at radius 2 is 2.16 bits per heavy atom. The molecule has 1 aromatic heterocycles. The van der Waals surface area contributed by atoms with Crippen LogP contribution in [0, 0.1) is 0 Å². The second-order valence-electron chi connectivity index (χ2n) is 3.74. The summed E-state index contributed by atoms with van der Waals surface area (Å²) in [6, 6.07) is 6.83. The summed E-state index contributed by atoms with van der Waals surface area (Å²) in [5.74, 6) is -0.330. The van der Waals surface area contributed by atoms with Crippen LogP contribution in [0.4, 0.5) is 5.69 Å². The standard InChI is InChI=1S/C13H11Cl2NO3/c1-18-13(17)12-8(4-5-19-12)7-16-11-3-2-9(14)6-10(11)15/h2-6,16H,7H2,1H3. The van der Waals surface area contributed by atoms with Crippen molar-refractivity contribution in [1.29, 1.82) is 0 Å². The number of furan rings is 1. The molecule has 0 spiro atoms. The van der Waals surface area contributed by atoms with E-state index >= 15 is 0 Å². The Morgan fingerprint density at radius 1 is 1.37 bits per heavy atom. The Morgan fingerprint density at radius 3 is 2.84 bits per heavy atom. The van der Waals surface area contributed by atoms with Gasteiger partial charge in [-0.05, 0) is 24.3 Å². The van der Waals surface area contributed by atoms with E-state index in [0.29, 0.717) is 22.2 Å². The van der Waals surface area contributed by atoms with E-state index in [4.69, 9.17) is 27.6 Å². The van der Waals surface area contributed by atoms with Crippen LogP contribution in [0.25, 0.3) is 0 Å². The number of carbonyl (C=O) groups excluding carboxylic acids is 1. The van der Waals surface area contributed by atoms with Crippen molar-refractivity contribution >= 4 is 34.9 Å². The van der Waals surface area contributed by atoms with Gasteiger partial charge in [-0.3, -0.25) is 0 Å². The first-order valence-electron chi connectivity index (χ1n) is 5.45. The lowest BCUT2D eigenvalue weighted by Gasteiger charge is -2.08. The van der Waals surface area contributed by atoms with Crippen molar-refractivity contribution in [3.05, 3.63) is 51.9 Å². The number of esters is 1. The molecule has 2 rings (SSSR count). The Labute approximate surface area is 120 Å². The van der Waals surface area contributed by atoms with Gasteiger partial charge in [0, 0.05) is 17.1 Å². The minimum absolute atomic E-state index is 0.181. The molecule has 1 heterocycles. The van der Waals surface area contributed by atoms with Crippen LogP contribution in [0.1, 0.15) is 16.1 Å². The zero-order chi connectivity index (χ0) is 13.8. The van der Waals surface area contributed by atoms with Gasteiger partial charge in [-0.2, -0.15) is 0 Å². The van der Waals surface area contributed by atoms with Gasteiger partial charge in [-0.25, -0.2) is 4.79 Å². The van der Waals surface area contributed by atoms with Crippen LogP contribution in [-0.2, 0) is 11.3 Å². The van der Waals surface area contributed by atoms with Gasteiger partial charge in [0.1, 0.15) is 0 Å². The smallest absolute Gasteiger partial charge is 0.374 e. The zero-order valence-electron chi connectivity index (χ0n) is 10.1. The van der Waals surface area contributed by atoms with Crippen molar-refractivity contribution in [3.63, 3.8) is 0 Å². The molecule has 0 fully saturated rings. The quantitative estimate of drug-likeness (QED) is 0.868. The molecule has 2 aromatic rings. The summed E-state index contributed by atoms with van der Waals surface area (Å²) in [5.41, 5.74) is 1.42. The van der Waals surface area contributed by atoms with Crippen LogP contribution in [0.3, 0.4) is 0 Å². The van der Waals surface area contributed by atoms with Crippen molar-refractivity contribution in [2.24, 2.45) is 0 Å². The third-order valence-corrected chi connectivity index (χ3v) is 3.07. The van der Waals surface area contributed by atoms with Crippen LogP contribution in [0.2, 0.25) is 10.0 Å². The topological polar surface area (TPSA) is 51.5 Å². The molecule has 0 atom stereocenters. The van der Waals surface area contributed by atoms with Crippen molar-refractivity contribution in [3.8, 4) is 0 Å². The van der Waals surface area contributed by atoms with Crippen LogP contribution in [0.15, 0.2) is 34.9 Å². The molecule has 0 saturated carbocycles. The van der Waals surface area contributed by atoms with Crippen LogP contribution < -0.4 is 5.32 Å². The van der Waals surface area contributed by atoms with Crippen LogP contribution in [0.5, 0.6) is 0 Å². The van der Waals surface area contributed by atoms with E-state index < -0.39 is 5.97 Å². The second-order valence-corrected chi connectivity index (χ2v) is 4.59. The molecule has 4 nitrogen and oxygen atoms in total. The number of ether oxygens (including phenoxy) is 1. The molecule has 0 amide bonds. The van der Waals surface area contributed by atoms with E-state index in [1.165, 1.54) is 13.4 Å². The highest BCUT2D eigenvalue weighted by Crippen LogP contribution is 2.26. The maximum atomic E-state index is 11.4. The van der Waals surface area contributed by atoms with Gasteiger partial charge in [0.15, 0.2) is 0 Å². The van der Waals surface area contributed by atoms with E-state index in [9.17, 15) is 4.79 Å². The van der Waals surface area contributed by atoms with Gasteiger partial charge in [0.25, 0.3) is 0 Å². The minimum Gasteiger partial charge on any atom is -0.463 e. The highest BCUT2D eigenvalue weighted by Gasteiger charge is 2.15. The predicted molar refractivity (Wildman–Crippen MR) is 73.8 cm³/mol. The number of methoxy groups -OCH3 is 1. The highest BCUT2D eigenvalue weighted by molar-refractivity contribution is 6.36. The molecule has 0 aliphatic rings. The molecule has 0 aliphatic heterocycles. The maximum Gasteiger partial charge on any atom is 0.374 e. The fourth-order valence-corrected chi connectivity index (χ4v) is 2.05. The van der Waals surface area contributed by atoms with Gasteiger partial charge in [-0.1, -0.05) is 23.2 Å². The number of hydrogen-bond donors (Lipinski definition) is 1. The molecular weight excluding hydrogens is 289 g/mol. The molecular formula is C13H11Cl2NO3. The van der Waals surface area contributed by atoms with Gasteiger partial charge >= 0.3 is 5.97 Å². The maximum absolute atomic E-state index is 11.4. The third-order valence-electron chi connectivity index (χ3n) is 2.52. The lowest BCUT2D eigenvalue weighted by molar-refractivity contribution is 0.0563. The molecule has 100 valence electrons. The van der Waals surface area contributed by atoms with Crippen molar-refractivity contribution < 1.29 is 13.9 Å². The number of carbonyl (C=O) groups is 1. The van der Waals surface area contributed by atoms with E-state index in [-0.39, 0.29) is 5.76 Å².